The fraction of sp³-hybridized carbons (Fsp3) is 0.385. The Morgan fingerprint density at radius 2 is 1.76 bits per heavy atom. The molecule has 116 valence electrons. The molecular weight excluding hydrogens is 284 g/mol. The van der Waals surface area contributed by atoms with Crippen LogP contribution in [0.3, 0.4) is 0 Å². The molecule has 0 aromatic heterocycles. The van der Waals surface area contributed by atoms with Crippen molar-refractivity contribution in [3.05, 3.63) is 24.3 Å². The number of hydrogen-bond acceptors (Lipinski definition) is 3. The van der Waals surface area contributed by atoms with Gasteiger partial charge >= 0.3 is 12.6 Å². The predicted octanol–water partition coefficient (Wildman–Crippen LogP) is 1.92. The lowest BCUT2D eigenvalue weighted by molar-refractivity contribution is -0.118. The van der Waals surface area contributed by atoms with E-state index in [9.17, 15) is 18.4 Å². The van der Waals surface area contributed by atoms with Crippen LogP contribution in [0.2, 0.25) is 0 Å². The second-order valence-electron chi connectivity index (χ2n) is 4.62. The molecule has 3 amide bonds. The lowest BCUT2D eigenvalue weighted by Crippen LogP contribution is -2.49. The van der Waals surface area contributed by atoms with Crippen molar-refractivity contribution in [3.63, 3.8) is 0 Å². The number of benzene rings is 1. The molecule has 0 spiro atoms. The quantitative estimate of drug-likeness (QED) is 0.749. The van der Waals surface area contributed by atoms with Crippen molar-refractivity contribution in [3.8, 4) is 5.75 Å². The van der Waals surface area contributed by atoms with Gasteiger partial charge in [0.25, 0.3) is 0 Å². The number of urea groups is 1. The molecule has 4 N–H and O–H groups in total. The number of rotatable bonds is 6. The van der Waals surface area contributed by atoms with Crippen LogP contribution < -0.4 is 21.1 Å². The molecule has 0 saturated carbocycles. The summed E-state index contributed by atoms with van der Waals surface area (Å²) in [5.74, 6) is -0.635. The van der Waals surface area contributed by atoms with E-state index < -0.39 is 24.6 Å². The van der Waals surface area contributed by atoms with Crippen LogP contribution in [0.15, 0.2) is 24.3 Å². The zero-order chi connectivity index (χ0) is 16.0. The van der Waals surface area contributed by atoms with Crippen LogP contribution >= 0.6 is 0 Å². The highest BCUT2D eigenvalue weighted by molar-refractivity contribution is 5.97. The standard InChI is InChI=1S/C13H17F2N3O3/c1-7(2)10(18-13(16)20)11(19)17-8-3-5-9(6-4-8)21-12(14)15/h3-7,10,12H,1-2H3,(H,17,19)(H3,16,18,20). The summed E-state index contributed by atoms with van der Waals surface area (Å²) < 4.78 is 28.2. The zero-order valence-electron chi connectivity index (χ0n) is 11.6. The van der Waals surface area contributed by atoms with Crippen molar-refractivity contribution in [1.82, 2.24) is 5.32 Å². The molecule has 1 atom stereocenters. The minimum atomic E-state index is -2.91. The Labute approximate surface area is 120 Å². The van der Waals surface area contributed by atoms with E-state index in [0.29, 0.717) is 5.69 Å². The van der Waals surface area contributed by atoms with Crippen LogP contribution in [-0.4, -0.2) is 24.6 Å². The highest BCUT2D eigenvalue weighted by Crippen LogP contribution is 2.18. The number of anilines is 1. The van der Waals surface area contributed by atoms with Crippen molar-refractivity contribution in [2.45, 2.75) is 26.5 Å². The second kappa shape index (κ2) is 7.41. The topological polar surface area (TPSA) is 93.5 Å². The van der Waals surface area contributed by atoms with E-state index in [2.05, 4.69) is 15.4 Å². The van der Waals surface area contributed by atoms with Gasteiger partial charge in [0.1, 0.15) is 11.8 Å². The van der Waals surface area contributed by atoms with Gasteiger partial charge < -0.3 is 21.1 Å². The highest BCUT2D eigenvalue weighted by atomic mass is 19.3. The van der Waals surface area contributed by atoms with Crippen LogP contribution in [0.5, 0.6) is 5.75 Å². The van der Waals surface area contributed by atoms with Gasteiger partial charge in [-0.05, 0) is 30.2 Å². The van der Waals surface area contributed by atoms with Gasteiger partial charge in [0, 0.05) is 5.69 Å². The lowest BCUT2D eigenvalue weighted by atomic mass is 10.0. The summed E-state index contributed by atoms with van der Waals surface area (Å²) in [5.41, 5.74) is 5.40. The Hall–Kier alpha value is -2.38. The molecule has 6 nitrogen and oxygen atoms in total. The number of alkyl halides is 2. The van der Waals surface area contributed by atoms with E-state index in [1.807, 2.05) is 0 Å². The minimum absolute atomic E-state index is 0.0151. The van der Waals surface area contributed by atoms with E-state index in [0.717, 1.165) is 0 Å². The first-order valence-corrected chi connectivity index (χ1v) is 6.21. The number of hydrogen-bond donors (Lipinski definition) is 3. The fourth-order valence-corrected chi connectivity index (χ4v) is 1.63. The largest absolute Gasteiger partial charge is 0.435 e. The number of amides is 3. The molecule has 21 heavy (non-hydrogen) atoms. The van der Waals surface area contributed by atoms with Gasteiger partial charge in [-0.25, -0.2) is 4.79 Å². The van der Waals surface area contributed by atoms with E-state index in [1.165, 1.54) is 24.3 Å². The minimum Gasteiger partial charge on any atom is -0.435 e. The van der Waals surface area contributed by atoms with E-state index in [-0.39, 0.29) is 11.7 Å². The summed E-state index contributed by atoms with van der Waals surface area (Å²) in [4.78, 5) is 22.9. The smallest absolute Gasteiger partial charge is 0.387 e. The number of nitrogens with two attached hydrogens (primary N) is 1. The molecule has 0 aliphatic rings. The molecule has 1 aromatic carbocycles. The van der Waals surface area contributed by atoms with Crippen molar-refractivity contribution in [2.24, 2.45) is 11.7 Å². The zero-order valence-corrected chi connectivity index (χ0v) is 11.6. The molecule has 0 aliphatic heterocycles. The van der Waals surface area contributed by atoms with Crippen LogP contribution in [0, 0.1) is 5.92 Å². The van der Waals surface area contributed by atoms with Crippen LogP contribution in [0.25, 0.3) is 0 Å². The second-order valence-corrected chi connectivity index (χ2v) is 4.62. The Morgan fingerprint density at radius 1 is 1.19 bits per heavy atom. The summed E-state index contributed by atoms with van der Waals surface area (Å²) >= 11 is 0. The molecule has 0 aliphatic carbocycles. The molecule has 0 radical (unpaired) electrons. The van der Waals surface area contributed by atoms with E-state index in [1.54, 1.807) is 13.8 Å². The molecule has 0 fully saturated rings. The first-order valence-electron chi connectivity index (χ1n) is 6.21. The van der Waals surface area contributed by atoms with Crippen LogP contribution in [-0.2, 0) is 4.79 Å². The summed E-state index contributed by atoms with van der Waals surface area (Å²) in [6.07, 6.45) is 0. The number of primary amides is 1. The van der Waals surface area contributed by atoms with Gasteiger partial charge in [-0.3, -0.25) is 4.79 Å². The third-order valence-corrected chi connectivity index (χ3v) is 2.59. The van der Waals surface area contributed by atoms with Gasteiger partial charge in [-0.1, -0.05) is 13.8 Å². The average molecular weight is 301 g/mol. The Kier molecular flexibility index (Phi) is 5.89. The third kappa shape index (κ3) is 5.64. The van der Waals surface area contributed by atoms with Crippen molar-refractivity contribution < 1.29 is 23.1 Å². The molecule has 1 aromatic rings. The molecule has 0 bridgehead atoms. The normalized spacial score (nSPS) is 12.1. The molecule has 1 rings (SSSR count). The van der Waals surface area contributed by atoms with Gasteiger partial charge in [0.2, 0.25) is 5.91 Å². The first-order chi connectivity index (χ1) is 9.79. The Bertz CT molecular complexity index is 492. The number of ether oxygens (including phenoxy) is 1. The monoisotopic (exact) mass is 301 g/mol. The van der Waals surface area contributed by atoms with Gasteiger partial charge in [-0.15, -0.1) is 0 Å². The van der Waals surface area contributed by atoms with E-state index >= 15 is 0 Å². The number of nitrogens with one attached hydrogen (secondary N) is 2. The number of carbonyl (C=O) groups is 2. The summed E-state index contributed by atoms with van der Waals surface area (Å²) in [6.45, 7) is 0.593. The summed E-state index contributed by atoms with van der Waals surface area (Å²) in [7, 11) is 0. The van der Waals surface area contributed by atoms with Crippen molar-refractivity contribution in [1.29, 1.82) is 0 Å². The summed E-state index contributed by atoms with van der Waals surface area (Å²) in [6, 6.07) is 3.83. The van der Waals surface area contributed by atoms with Gasteiger partial charge in [-0.2, -0.15) is 8.78 Å². The summed E-state index contributed by atoms with van der Waals surface area (Å²) in [5, 5.41) is 4.90. The van der Waals surface area contributed by atoms with Gasteiger partial charge in [0.05, 0.1) is 0 Å². The highest BCUT2D eigenvalue weighted by Gasteiger charge is 2.23. The lowest BCUT2D eigenvalue weighted by Gasteiger charge is -2.20. The molecular formula is C13H17F2N3O3. The Balaban J connectivity index is 2.70. The Morgan fingerprint density at radius 3 is 2.19 bits per heavy atom. The van der Waals surface area contributed by atoms with Crippen LogP contribution in [0.4, 0.5) is 19.3 Å². The molecule has 0 saturated heterocycles. The number of halogens is 2. The van der Waals surface area contributed by atoms with Crippen LogP contribution in [0.1, 0.15) is 13.8 Å². The fourth-order valence-electron chi connectivity index (χ4n) is 1.63. The third-order valence-electron chi connectivity index (χ3n) is 2.59. The van der Waals surface area contributed by atoms with Crippen molar-refractivity contribution >= 4 is 17.6 Å². The molecule has 1 unspecified atom stereocenters. The molecule has 8 heteroatoms. The van der Waals surface area contributed by atoms with Gasteiger partial charge in [0.15, 0.2) is 0 Å². The maximum absolute atomic E-state index is 12.0. The maximum Gasteiger partial charge on any atom is 0.387 e. The predicted molar refractivity (Wildman–Crippen MR) is 73.0 cm³/mol. The first kappa shape index (κ1) is 16.7. The van der Waals surface area contributed by atoms with Crippen molar-refractivity contribution in [2.75, 3.05) is 5.32 Å². The van der Waals surface area contributed by atoms with E-state index in [4.69, 9.17) is 5.73 Å². The SMILES string of the molecule is CC(C)C(NC(N)=O)C(=O)Nc1ccc(OC(F)F)cc1. The molecule has 0 heterocycles. The number of carbonyl (C=O) groups excluding carboxylic acids is 2. The average Bonchev–Trinajstić information content (AvgIpc) is 2.37. The maximum atomic E-state index is 12.0.